The smallest absolute Gasteiger partial charge is 0.189 e. The molecule has 2 nitrogen and oxygen atoms in total. The van der Waals surface area contributed by atoms with Gasteiger partial charge in [0.1, 0.15) is 5.41 Å². The van der Waals surface area contributed by atoms with E-state index in [-0.39, 0.29) is 5.78 Å². The monoisotopic (exact) mass is 385 g/mol. The lowest BCUT2D eigenvalue weighted by Gasteiger charge is -2.28. The van der Waals surface area contributed by atoms with Crippen molar-refractivity contribution in [2.75, 3.05) is 0 Å². The lowest BCUT2D eigenvalue weighted by Crippen LogP contribution is -2.27. The number of allylic oxidation sites excluding steroid dienone is 1. The minimum Gasteiger partial charge on any atom is -0.289 e. The second-order valence-electron chi connectivity index (χ2n) is 7.67. The van der Waals surface area contributed by atoms with Crippen molar-refractivity contribution in [3.63, 3.8) is 0 Å². The van der Waals surface area contributed by atoms with E-state index >= 15 is 0 Å². The molecule has 0 atom stereocenters. The van der Waals surface area contributed by atoms with Crippen LogP contribution in [-0.2, 0) is 5.41 Å². The second kappa shape index (κ2) is 7.13. The minimum absolute atomic E-state index is 0.0160. The molecule has 1 aliphatic carbocycles. The Kier molecular flexibility index (Phi) is 4.30. The Morgan fingerprint density at radius 3 is 1.97 bits per heavy atom. The van der Waals surface area contributed by atoms with Gasteiger partial charge in [0.2, 0.25) is 0 Å². The molecule has 0 radical (unpaired) electrons. The largest absolute Gasteiger partial charge is 0.289 e. The summed E-state index contributed by atoms with van der Waals surface area (Å²) in [6.07, 6.45) is 2.32. The number of rotatable bonds is 4. The van der Waals surface area contributed by atoms with Crippen LogP contribution < -0.4 is 0 Å². The summed E-state index contributed by atoms with van der Waals surface area (Å²) in [6.45, 7) is 0. The van der Waals surface area contributed by atoms with E-state index in [1.165, 1.54) is 0 Å². The first-order valence-electron chi connectivity index (χ1n) is 10.0. The predicted octanol–water partition coefficient (Wildman–Crippen LogP) is 6.32. The summed E-state index contributed by atoms with van der Waals surface area (Å²) in [6, 6.07) is 34.1. The van der Waals surface area contributed by atoms with Crippen LogP contribution >= 0.6 is 0 Å². The van der Waals surface area contributed by atoms with Crippen molar-refractivity contribution in [3.8, 4) is 6.07 Å². The van der Waals surface area contributed by atoms with Gasteiger partial charge in [-0.25, -0.2) is 0 Å². The summed E-state index contributed by atoms with van der Waals surface area (Å²) in [4.78, 5) is 13.3. The minimum atomic E-state index is -0.929. The summed E-state index contributed by atoms with van der Waals surface area (Å²) in [5.41, 5.74) is 3.22. The Hall–Kier alpha value is -3.96. The molecular weight excluding hydrogens is 366 g/mol. The van der Waals surface area contributed by atoms with Gasteiger partial charge in [-0.05, 0) is 39.6 Å². The van der Waals surface area contributed by atoms with Gasteiger partial charge in [0.05, 0.1) is 6.07 Å². The Morgan fingerprint density at radius 2 is 1.33 bits per heavy atom. The van der Waals surface area contributed by atoms with Gasteiger partial charge in [0, 0.05) is 17.6 Å². The number of nitriles is 1. The van der Waals surface area contributed by atoms with Crippen LogP contribution in [-0.4, -0.2) is 5.78 Å². The number of hydrogen-bond donors (Lipinski definition) is 0. The Labute approximate surface area is 175 Å². The highest BCUT2D eigenvalue weighted by Crippen LogP contribution is 2.42. The molecule has 0 fully saturated rings. The van der Waals surface area contributed by atoms with Gasteiger partial charge in [-0.3, -0.25) is 4.79 Å². The molecule has 0 unspecified atom stereocenters. The maximum absolute atomic E-state index is 13.3. The van der Waals surface area contributed by atoms with Crippen LogP contribution in [0.4, 0.5) is 0 Å². The fourth-order valence-electron chi connectivity index (χ4n) is 4.46. The van der Waals surface area contributed by atoms with Crippen LogP contribution in [0, 0.1) is 11.3 Å². The molecule has 4 aromatic rings. The van der Waals surface area contributed by atoms with E-state index in [9.17, 15) is 10.1 Å². The molecule has 142 valence electrons. The predicted molar refractivity (Wildman–Crippen MR) is 120 cm³/mol. The molecule has 0 saturated heterocycles. The summed E-state index contributed by atoms with van der Waals surface area (Å²) in [5.74, 6) is 0.0160. The third-order valence-corrected chi connectivity index (χ3v) is 6.01. The Bertz CT molecular complexity index is 1290. The number of Topliss-reactive ketones (excluding diaryl/α,β-unsaturated/α-hetero) is 1. The van der Waals surface area contributed by atoms with Crippen molar-refractivity contribution in [2.24, 2.45) is 0 Å². The number of ketones is 1. The SMILES string of the molecule is N#CC(CC1=Cc2c(ccc3ccccc23)C1=O)(c1ccccc1)c1ccccc1. The van der Waals surface area contributed by atoms with E-state index in [1.807, 2.05) is 97.1 Å². The summed E-state index contributed by atoms with van der Waals surface area (Å²) in [5, 5.41) is 12.6. The zero-order chi connectivity index (χ0) is 20.6. The van der Waals surface area contributed by atoms with E-state index in [0.717, 1.165) is 33.0 Å². The number of fused-ring (bicyclic) bond motifs is 3. The number of hydrogen-bond acceptors (Lipinski definition) is 2. The van der Waals surface area contributed by atoms with E-state index < -0.39 is 5.41 Å². The number of carbonyl (C=O) groups excluding carboxylic acids is 1. The van der Waals surface area contributed by atoms with Gasteiger partial charge in [-0.2, -0.15) is 5.26 Å². The van der Waals surface area contributed by atoms with Crippen molar-refractivity contribution in [1.29, 1.82) is 5.26 Å². The van der Waals surface area contributed by atoms with E-state index in [2.05, 4.69) is 12.1 Å². The highest BCUT2D eigenvalue weighted by atomic mass is 16.1. The molecule has 4 aromatic carbocycles. The van der Waals surface area contributed by atoms with Gasteiger partial charge in [0.25, 0.3) is 0 Å². The van der Waals surface area contributed by atoms with Crippen LogP contribution in [0.3, 0.4) is 0 Å². The fourth-order valence-corrected chi connectivity index (χ4v) is 4.46. The zero-order valence-corrected chi connectivity index (χ0v) is 16.4. The summed E-state index contributed by atoms with van der Waals surface area (Å²) >= 11 is 0. The molecule has 1 aliphatic rings. The van der Waals surface area contributed by atoms with Crippen molar-refractivity contribution < 1.29 is 4.79 Å². The van der Waals surface area contributed by atoms with Gasteiger partial charge in [0.15, 0.2) is 5.78 Å². The quantitative estimate of drug-likeness (QED) is 0.412. The molecule has 0 bridgehead atoms. The molecule has 30 heavy (non-hydrogen) atoms. The first-order valence-corrected chi connectivity index (χ1v) is 10.0. The Morgan fingerprint density at radius 1 is 0.733 bits per heavy atom. The van der Waals surface area contributed by atoms with Gasteiger partial charge < -0.3 is 0 Å². The molecule has 0 heterocycles. The lowest BCUT2D eigenvalue weighted by molar-refractivity contribution is 0.103. The lowest BCUT2D eigenvalue weighted by atomic mass is 9.71. The van der Waals surface area contributed by atoms with Gasteiger partial charge in [-0.15, -0.1) is 0 Å². The van der Waals surface area contributed by atoms with Crippen LogP contribution in [0.25, 0.3) is 16.8 Å². The molecule has 0 saturated carbocycles. The van der Waals surface area contributed by atoms with E-state index in [0.29, 0.717) is 12.0 Å². The molecule has 5 rings (SSSR count). The third-order valence-electron chi connectivity index (χ3n) is 6.01. The molecule has 0 N–H and O–H groups in total. The van der Waals surface area contributed by atoms with Gasteiger partial charge in [-0.1, -0.05) is 91.0 Å². The maximum atomic E-state index is 13.3. The fraction of sp³-hybridized carbons (Fsp3) is 0.0714. The molecule has 0 aliphatic heterocycles. The average molecular weight is 385 g/mol. The highest BCUT2D eigenvalue weighted by molar-refractivity contribution is 6.21. The van der Waals surface area contributed by atoms with Crippen LogP contribution in [0.5, 0.6) is 0 Å². The van der Waals surface area contributed by atoms with E-state index in [1.54, 1.807) is 0 Å². The second-order valence-corrected chi connectivity index (χ2v) is 7.67. The summed E-state index contributed by atoms with van der Waals surface area (Å²) < 4.78 is 0. The third kappa shape index (κ3) is 2.76. The molecule has 2 heteroatoms. The number of nitrogens with zero attached hydrogens (tertiary/aromatic N) is 1. The molecular formula is C28H19NO. The van der Waals surface area contributed by atoms with Crippen molar-refractivity contribution in [2.45, 2.75) is 11.8 Å². The van der Waals surface area contributed by atoms with Crippen LogP contribution in [0.15, 0.2) is 103 Å². The van der Waals surface area contributed by atoms with Crippen molar-refractivity contribution >= 4 is 22.6 Å². The standard InChI is InChI=1S/C28H19NO/c29-19-28(22-10-3-1-4-11-22,23-12-5-2-6-13-23)18-21-17-26-24-14-8-7-9-20(24)15-16-25(26)27(21)30/h1-17H,18H2. The van der Waals surface area contributed by atoms with Crippen molar-refractivity contribution in [1.82, 2.24) is 0 Å². The number of carbonyl (C=O) groups is 1. The van der Waals surface area contributed by atoms with Crippen LogP contribution in [0.1, 0.15) is 33.5 Å². The first kappa shape index (κ1) is 18.1. The van der Waals surface area contributed by atoms with E-state index in [4.69, 9.17) is 0 Å². The normalized spacial score (nSPS) is 13.0. The Balaban J connectivity index is 1.67. The zero-order valence-electron chi connectivity index (χ0n) is 16.4. The molecule has 0 aromatic heterocycles. The summed E-state index contributed by atoms with van der Waals surface area (Å²) in [7, 11) is 0. The van der Waals surface area contributed by atoms with Crippen molar-refractivity contribution in [3.05, 3.63) is 125 Å². The molecule has 0 spiro atoms. The topological polar surface area (TPSA) is 40.9 Å². The van der Waals surface area contributed by atoms with Gasteiger partial charge >= 0.3 is 0 Å². The average Bonchev–Trinajstić information content (AvgIpc) is 3.14. The molecule has 0 amide bonds. The highest BCUT2D eigenvalue weighted by Gasteiger charge is 2.38. The maximum Gasteiger partial charge on any atom is 0.189 e. The number of benzene rings is 4. The van der Waals surface area contributed by atoms with Crippen LogP contribution in [0.2, 0.25) is 0 Å². The first-order chi connectivity index (χ1) is 14.7.